The van der Waals surface area contributed by atoms with E-state index in [2.05, 4.69) is 10.3 Å². The highest BCUT2D eigenvalue weighted by Crippen LogP contribution is 1.76. The van der Waals surface area contributed by atoms with Crippen molar-refractivity contribution in [1.82, 2.24) is 0 Å². The van der Waals surface area contributed by atoms with Crippen molar-refractivity contribution in [2.75, 3.05) is 0 Å². The van der Waals surface area contributed by atoms with E-state index in [9.17, 15) is 8.42 Å². The summed E-state index contributed by atoms with van der Waals surface area (Å²) < 4.78 is 19.3. The summed E-state index contributed by atoms with van der Waals surface area (Å²) in [5.41, 5.74) is 0. The Morgan fingerprint density at radius 3 is 1.50 bits per heavy atom. The third-order valence-corrected chi connectivity index (χ3v) is 2.08. The molecule has 0 radical (unpaired) electrons. The molecule has 0 heterocycles. The average Bonchev–Trinajstić information content (AvgIpc) is 1.64. The van der Waals surface area contributed by atoms with Gasteiger partial charge in [0.25, 0.3) is 0 Å². The van der Waals surface area contributed by atoms with Crippen LogP contribution in [0.25, 0.3) is 0 Å². The smallest absolute Gasteiger partial charge is 0.214 e. The van der Waals surface area contributed by atoms with Gasteiger partial charge in [-0.1, -0.05) is 0 Å². The molecule has 2 unspecified atom stereocenters. The van der Waals surface area contributed by atoms with Crippen LogP contribution in [0.1, 0.15) is 0 Å². The molecule has 0 aliphatic heterocycles. The fourth-order valence-corrected chi connectivity index (χ4v) is 0.729. The van der Waals surface area contributed by atoms with Gasteiger partial charge in [-0.15, -0.1) is 0 Å². The fourth-order valence-electron chi connectivity index (χ4n) is 0.0810. The topological polar surface area (TPSA) is 110 Å². The lowest BCUT2D eigenvalue weighted by molar-refractivity contribution is 0.688. The Kier molecular flexibility index (Phi) is 2.98. The highest BCUT2D eigenvalue weighted by atomic mass is 32.3. The summed E-state index contributed by atoms with van der Waals surface area (Å²) in [4.78, 5) is 0. The Hall–Kier alpha value is -0.110. The van der Waals surface area contributed by atoms with E-state index < -0.39 is 26.3 Å². The lowest BCUT2D eigenvalue weighted by Crippen LogP contribution is -2.23. The normalized spacial score (nSPS) is 17.2. The van der Waals surface area contributed by atoms with E-state index in [-0.39, 0.29) is 0 Å². The van der Waals surface area contributed by atoms with Gasteiger partial charge in [0.15, 0.2) is 22.0 Å². The van der Waals surface area contributed by atoms with Gasteiger partial charge in [-0.2, -0.15) is 0 Å². The van der Waals surface area contributed by atoms with Crippen molar-refractivity contribution in [3.05, 3.63) is 0 Å². The van der Waals surface area contributed by atoms with Crippen LogP contribution in [0.4, 0.5) is 0 Å². The molecule has 0 fully saturated rings. The molecule has 0 rings (SSSR count). The second-order valence-corrected chi connectivity index (χ2v) is 3.15. The lowest BCUT2D eigenvalue weighted by Gasteiger charge is -1.88. The second kappa shape index (κ2) is 3.02. The Balaban J connectivity index is 4.05. The molecule has 0 saturated carbocycles. The van der Waals surface area contributed by atoms with Gasteiger partial charge in [0.1, 0.15) is 0 Å². The fraction of sp³-hybridized carbons (Fsp3) is 0. The Morgan fingerprint density at radius 1 is 1.25 bits per heavy atom. The van der Waals surface area contributed by atoms with Crippen molar-refractivity contribution in [1.29, 1.82) is 5.41 Å². The zero-order valence-corrected chi connectivity index (χ0v) is 5.42. The van der Waals surface area contributed by atoms with Crippen LogP contribution in [-0.2, 0) is 22.0 Å². The lowest BCUT2D eigenvalue weighted by atomic mass is 11.7. The summed E-state index contributed by atoms with van der Waals surface area (Å²) >= 11 is 0. The number of hydrogen-bond acceptors (Lipinski definition) is 3. The van der Waals surface area contributed by atoms with E-state index in [1.54, 1.807) is 0 Å². The molecule has 7 heteroatoms. The Morgan fingerprint density at radius 2 is 1.50 bits per heavy atom. The maximum absolute atomic E-state index is 9.98. The molecular weight excluding hydrogens is 150 g/mol. The second-order valence-electron chi connectivity index (χ2n) is 0.882. The molecule has 0 spiro atoms. The molecule has 0 bridgehead atoms. The molecule has 5 nitrogen and oxygen atoms in total. The van der Waals surface area contributed by atoms with Gasteiger partial charge in [-0.05, 0) is 0 Å². The molecule has 2 atom stereocenters. The molecule has 8 heavy (non-hydrogen) atoms. The van der Waals surface area contributed by atoms with Crippen molar-refractivity contribution in [2.45, 2.75) is 0 Å². The molecule has 0 saturated heterocycles. The van der Waals surface area contributed by atoms with E-state index in [4.69, 9.17) is 5.41 Å². The SMILES string of the molecule is N=C(S(N)=O)S(N)=O. The molecule has 0 aliphatic carbocycles. The summed E-state index contributed by atoms with van der Waals surface area (Å²) in [6.45, 7) is 0. The van der Waals surface area contributed by atoms with Gasteiger partial charge in [0.05, 0.1) is 0 Å². The summed E-state index contributed by atoms with van der Waals surface area (Å²) in [5, 5.41) is 15.8. The first-order valence-electron chi connectivity index (χ1n) is 1.46. The molecule has 48 valence electrons. The first-order valence-corrected chi connectivity index (χ1v) is 3.89. The number of nitrogens with one attached hydrogen (secondary N) is 1. The minimum atomic E-state index is -1.98. The summed E-state index contributed by atoms with van der Waals surface area (Å²) in [5.74, 6) is 0. The summed E-state index contributed by atoms with van der Waals surface area (Å²) in [6, 6.07) is 0. The Labute approximate surface area is 51.1 Å². The third-order valence-electron chi connectivity index (χ3n) is 0.365. The van der Waals surface area contributed by atoms with Crippen LogP contribution in [0.15, 0.2) is 0 Å². The first kappa shape index (κ1) is 7.89. The standard InChI is InChI=1S/CH5N3O2S2/c2-1(7(3)5)8(4)6/h2H,3-4H2. The number of nitrogens with two attached hydrogens (primary N) is 2. The van der Waals surface area contributed by atoms with Gasteiger partial charge >= 0.3 is 0 Å². The van der Waals surface area contributed by atoms with Crippen molar-refractivity contribution in [3.63, 3.8) is 0 Å². The first-order chi connectivity index (χ1) is 3.55. The quantitative estimate of drug-likeness (QED) is 0.282. The van der Waals surface area contributed by atoms with Gasteiger partial charge in [-0.3, -0.25) is 5.41 Å². The predicted molar refractivity (Wildman–Crippen MR) is 32.4 cm³/mol. The van der Waals surface area contributed by atoms with Gasteiger partial charge in [0.2, 0.25) is 4.38 Å². The minimum Gasteiger partial charge on any atom is -0.281 e. The van der Waals surface area contributed by atoms with Crippen LogP contribution in [0.3, 0.4) is 0 Å². The summed E-state index contributed by atoms with van der Waals surface area (Å²) in [7, 11) is -3.96. The maximum Gasteiger partial charge on any atom is 0.214 e. The molecule has 0 aromatic carbocycles. The van der Waals surface area contributed by atoms with E-state index in [1.165, 1.54) is 0 Å². The van der Waals surface area contributed by atoms with Crippen LogP contribution < -0.4 is 10.3 Å². The van der Waals surface area contributed by atoms with Crippen molar-refractivity contribution in [3.8, 4) is 0 Å². The highest BCUT2D eigenvalue weighted by Gasteiger charge is 2.05. The van der Waals surface area contributed by atoms with Gasteiger partial charge < -0.3 is 0 Å². The number of rotatable bonds is 0. The maximum atomic E-state index is 9.98. The van der Waals surface area contributed by atoms with Gasteiger partial charge in [-0.25, -0.2) is 18.7 Å². The van der Waals surface area contributed by atoms with Crippen LogP contribution >= 0.6 is 0 Å². The monoisotopic (exact) mass is 155 g/mol. The van der Waals surface area contributed by atoms with Crippen LogP contribution in [0.2, 0.25) is 0 Å². The zero-order valence-electron chi connectivity index (χ0n) is 3.79. The molecule has 5 N–H and O–H groups in total. The van der Waals surface area contributed by atoms with E-state index >= 15 is 0 Å². The van der Waals surface area contributed by atoms with Crippen molar-refractivity contribution in [2.24, 2.45) is 10.3 Å². The molecule has 0 aromatic rings. The van der Waals surface area contributed by atoms with E-state index in [0.717, 1.165) is 0 Å². The zero-order chi connectivity index (χ0) is 6.73. The predicted octanol–water partition coefficient (Wildman–Crippen LogP) is -1.83. The molecule has 0 aliphatic rings. The Bertz CT molecular complexity index is 137. The van der Waals surface area contributed by atoms with Crippen LogP contribution in [0, 0.1) is 5.41 Å². The largest absolute Gasteiger partial charge is 0.281 e. The number of hydrogen-bond donors (Lipinski definition) is 3. The molecular formula is CH5N3O2S2. The minimum absolute atomic E-state index is 0.648. The highest BCUT2D eigenvalue weighted by molar-refractivity contribution is 8.24. The van der Waals surface area contributed by atoms with Gasteiger partial charge in [0, 0.05) is 0 Å². The van der Waals surface area contributed by atoms with E-state index in [0.29, 0.717) is 0 Å². The average molecular weight is 155 g/mol. The van der Waals surface area contributed by atoms with E-state index in [1.807, 2.05) is 0 Å². The summed E-state index contributed by atoms with van der Waals surface area (Å²) in [6.07, 6.45) is 0. The molecule has 0 amide bonds. The van der Waals surface area contributed by atoms with Crippen molar-refractivity contribution >= 4 is 26.3 Å². The van der Waals surface area contributed by atoms with Crippen LogP contribution in [0.5, 0.6) is 0 Å². The third kappa shape index (κ3) is 2.26. The molecule has 0 aromatic heterocycles. The van der Waals surface area contributed by atoms with Crippen molar-refractivity contribution < 1.29 is 8.42 Å². The van der Waals surface area contributed by atoms with Crippen LogP contribution in [-0.4, -0.2) is 12.8 Å².